The van der Waals surface area contributed by atoms with Gasteiger partial charge in [0.1, 0.15) is 6.61 Å². The fourth-order valence-corrected chi connectivity index (χ4v) is 1.80. The molecule has 1 heterocycles. The van der Waals surface area contributed by atoms with Crippen molar-refractivity contribution in [2.45, 2.75) is 46.1 Å². The molecule has 0 bridgehead atoms. The Kier molecular flexibility index (Phi) is 7.32. The van der Waals surface area contributed by atoms with Crippen LogP contribution in [0, 0.1) is 0 Å². The Hall–Kier alpha value is -1.62. The molecule has 0 radical (unpaired) electrons. The maximum absolute atomic E-state index is 12.2. The number of nitrogens with zero attached hydrogens (tertiary/aromatic N) is 2. The van der Waals surface area contributed by atoms with E-state index in [2.05, 4.69) is 11.9 Å². The summed E-state index contributed by atoms with van der Waals surface area (Å²) in [6.07, 6.45) is 3.63. The monoisotopic (exact) mass is 308 g/mol. The Bertz CT molecular complexity index is 452. The van der Waals surface area contributed by atoms with E-state index in [0.717, 1.165) is 19.4 Å². The van der Waals surface area contributed by atoms with Crippen molar-refractivity contribution in [3.8, 4) is 5.88 Å². The van der Waals surface area contributed by atoms with Gasteiger partial charge in [0.15, 0.2) is 0 Å². The Morgan fingerprint density at radius 3 is 2.55 bits per heavy atom. The van der Waals surface area contributed by atoms with E-state index in [9.17, 15) is 4.79 Å². The molecule has 124 valence electrons. The first kappa shape index (κ1) is 18.4. The average Bonchev–Trinajstić information content (AvgIpc) is 2.48. The summed E-state index contributed by atoms with van der Waals surface area (Å²) in [6, 6.07) is 3.47. The number of unbranched alkanes of at least 4 members (excludes halogenated alkanes) is 1. The molecule has 0 saturated heterocycles. The molecule has 1 rings (SSSR count). The van der Waals surface area contributed by atoms with Crippen LogP contribution in [-0.4, -0.2) is 48.2 Å². The van der Waals surface area contributed by atoms with Crippen molar-refractivity contribution < 1.29 is 14.3 Å². The number of ether oxygens (including phenoxy) is 2. The molecule has 0 aliphatic rings. The lowest BCUT2D eigenvalue weighted by atomic mass is 10.2. The van der Waals surface area contributed by atoms with Gasteiger partial charge >= 0.3 is 0 Å². The normalized spacial score (nSPS) is 11.3. The number of carbonyl (C=O) groups excluding carboxylic acids is 1. The van der Waals surface area contributed by atoms with E-state index < -0.39 is 0 Å². The summed E-state index contributed by atoms with van der Waals surface area (Å²) in [5, 5.41) is 0. The minimum Gasteiger partial charge on any atom is -0.475 e. The van der Waals surface area contributed by atoms with Crippen molar-refractivity contribution in [3.05, 3.63) is 23.9 Å². The Labute approximate surface area is 133 Å². The van der Waals surface area contributed by atoms with Gasteiger partial charge in [-0.15, -0.1) is 0 Å². The second kappa shape index (κ2) is 8.73. The van der Waals surface area contributed by atoms with Gasteiger partial charge in [-0.3, -0.25) is 4.79 Å². The highest BCUT2D eigenvalue weighted by atomic mass is 16.5. The van der Waals surface area contributed by atoms with Gasteiger partial charge in [-0.25, -0.2) is 4.98 Å². The predicted octanol–water partition coefficient (Wildman–Crippen LogP) is 3.15. The highest BCUT2D eigenvalue weighted by Crippen LogP contribution is 2.11. The Morgan fingerprint density at radius 1 is 1.27 bits per heavy atom. The molecule has 1 amide bonds. The summed E-state index contributed by atoms with van der Waals surface area (Å²) in [5.74, 6) is 0.494. The first-order chi connectivity index (χ1) is 10.3. The third-order valence-corrected chi connectivity index (χ3v) is 3.05. The van der Waals surface area contributed by atoms with Gasteiger partial charge in [0, 0.05) is 25.9 Å². The van der Waals surface area contributed by atoms with Crippen molar-refractivity contribution in [2.75, 3.05) is 26.8 Å². The smallest absolute Gasteiger partial charge is 0.255 e. The molecule has 0 aliphatic carbocycles. The number of hydrogen-bond donors (Lipinski definition) is 0. The lowest BCUT2D eigenvalue weighted by molar-refractivity contribution is -0.0168. The quantitative estimate of drug-likeness (QED) is 0.692. The van der Waals surface area contributed by atoms with Crippen LogP contribution < -0.4 is 4.74 Å². The predicted molar refractivity (Wildman–Crippen MR) is 87.3 cm³/mol. The highest BCUT2D eigenvalue weighted by molar-refractivity contribution is 5.93. The van der Waals surface area contributed by atoms with Crippen LogP contribution in [-0.2, 0) is 4.74 Å². The van der Waals surface area contributed by atoms with Crippen molar-refractivity contribution >= 4 is 5.91 Å². The first-order valence-corrected chi connectivity index (χ1v) is 7.82. The zero-order valence-electron chi connectivity index (χ0n) is 14.4. The number of amides is 1. The van der Waals surface area contributed by atoms with Crippen molar-refractivity contribution in [3.63, 3.8) is 0 Å². The molecule has 0 aromatic carbocycles. The maximum Gasteiger partial charge on any atom is 0.255 e. The summed E-state index contributed by atoms with van der Waals surface area (Å²) >= 11 is 0. The van der Waals surface area contributed by atoms with E-state index in [-0.39, 0.29) is 11.5 Å². The molecule has 0 N–H and O–H groups in total. The molecule has 1 aromatic heterocycles. The van der Waals surface area contributed by atoms with E-state index in [1.165, 1.54) is 0 Å². The van der Waals surface area contributed by atoms with Crippen molar-refractivity contribution in [1.29, 1.82) is 0 Å². The number of rotatable bonds is 8. The number of carbonyl (C=O) groups is 1. The highest BCUT2D eigenvalue weighted by Gasteiger charge is 2.12. The van der Waals surface area contributed by atoms with Gasteiger partial charge in [0.25, 0.3) is 5.91 Å². The van der Waals surface area contributed by atoms with E-state index in [0.29, 0.717) is 24.7 Å². The number of pyridine rings is 1. The fraction of sp³-hybridized carbons (Fsp3) is 0.647. The van der Waals surface area contributed by atoms with Crippen LogP contribution in [0.4, 0.5) is 0 Å². The van der Waals surface area contributed by atoms with Crippen LogP contribution in [0.15, 0.2) is 18.3 Å². The van der Waals surface area contributed by atoms with Gasteiger partial charge in [0.2, 0.25) is 5.88 Å². The van der Waals surface area contributed by atoms with Crippen molar-refractivity contribution in [1.82, 2.24) is 9.88 Å². The largest absolute Gasteiger partial charge is 0.475 e. The molecule has 22 heavy (non-hydrogen) atoms. The van der Waals surface area contributed by atoms with Gasteiger partial charge in [-0.2, -0.15) is 0 Å². The second-order valence-electron chi connectivity index (χ2n) is 6.27. The molecule has 5 heteroatoms. The van der Waals surface area contributed by atoms with Gasteiger partial charge in [-0.1, -0.05) is 13.3 Å². The molecule has 5 nitrogen and oxygen atoms in total. The summed E-state index contributed by atoms with van der Waals surface area (Å²) < 4.78 is 11.1. The number of aromatic nitrogens is 1. The lowest BCUT2D eigenvalue weighted by Crippen LogP contribution is -2.27. The van der Waals surface area contributed by atoms with Crippen LogP contribution in [0.2, 0.25) is 0 Å². The molecular formula is C17H28N2O3. The summed E-state index contributed by atoms with van der Waals surface area (Å²) in [7, 11) is 1.81. The minimum atomic E-state index is -0.170. The molecule has 0 unspecified atom stereocenters. The standard InChI is InChI=1S/C17H28N2O3/c1-6-7-10-19(5)16(20)14-8-9-15(18-13-14)21-11-12-22-17(2,3)4/h8-9,13H,6-7,10-12H2,1-5H3. The summed E-state index contributed by atoms with van der Waals surface area (Å²) in [6.45, 7) is 9.81. The van der Waals surface area contributed by atoms with Crippen molar-refractivity contribution in [2.24, 2.45) is 0 Å². The number of hydrogen-bond acceptors (Lipinski definition) is 4. The topological polar surface area (TPSA) is 51.7 Å². The van der Waals surface area contributed by atoms with Crippen LogP contribution in [0.1, 0.15) is 50.9 Å². The van der Waals surface area contributed by atoms with Gasteiger partial charge in [0.05, 0.1) is 17.8 Å². The minimum absolute atomic E-state index is 0.0106. The maximum atomic E-state index is 12.2. The molecule has 0 spiro atoms. The molecule has 0 saturated carbocycles. The SMILES string of the molecule is CCCCN(C)C(=O)c1ccc(OCCOC(C)(C)C)nc1. The molecular weight excluding hydrogens is 280 g/mol. The Morgan fingerprint density at radius 2 is 2.00 bits per heavy atom. The van der Waals surface area contributed by atoms with Crippen LogP contribution in [0.3, 0.4) is 0 Å². The molecule has 0 aliphatic heterocycles. The zero-order valence-corrected chi connectivity index (χ0v) is 14.4. The fourth-order valence-electron chi connectivity index (χ4n) is 1.80. The summed E-state index contributed by atoms with van der Waals surface area (Å²) in [4.78, 5) is 18.0. The molecule has 0 fully saturated rings. The van der Waals surface area contributed by atoms with E-state index >= 15 is 0 Å². The lowest BCUT2D eigenvalue weighted by Gasteiger charge is -2.19. The first-order valence-electron chi connectivity index (χ1n) is 7.82. The van der Waals surface area contributed by atoms with E-state index in [1.54, 1.807) is 23.2 Å². The third-order valence-electron chi connectivity index (χ3n) is 3.05. The van der Waals surface area contributed by atoms with Crippen LogP contribution in [0.25, 0.3) is 0 Å². The third kappa shape index (κ3) is 6.89. The van der Waals surface area contributed by atoms with Gasteiger partial charge < -0.3 is 14.4 Å². The summed E-state index contributed by atoms with van der Waals surface area (Å²) in [5.41, 5.74) is 0.410. The molecule has 1 aromatic rings. The van der Waals surface area contributed by atoms with Crippen LogP contribution in [0.5, 0.6) is 5.88 Å². The van der Waals surface area contributed by atoms with Gasteiger partial charge in [-0.05, 0) is 33.3 Å². The van der Waals surface area contributed by atoms with E-state index in [1.807, 2.05) is 27.8 Å². The average molecular weight is 308 g/mol. The molecule has 0 atom stereocenters. The van der Waals surface area contributed by atoms with E-state index in [4.69, 9.17) is 9.47 Å². The zero-order chi connectivity index (χ0) is 16.6. The van der Waals surface area contributed by atoms with Crippen LogP contribution >= 0.6 is 0 Å². The second-order valence-corrected chi connectivity index (χ2v) is 6.27. The Balaban J connectivity index is 2.44.